The molecule has 4 heteroatoms. The average molecular weight is 414 g/mol. The maximum atomic E-state index is 12.2. The van der Waals surface area contributed by atoms with Crippen molar-refractivity contribution in [2.75, 3.05) is 0 Å². The highest BCUT2D eigenvalue weighted by atomic mass is 127. The van der Waals surface area contributed by atoms with Gasteiger partial charge in [0, 0.05) is 3.57 Å². The van der Waals surface area contributed by atoms with E-state index in [-0.39, 0.29) is 5.91 Å². The van der Waals surface area contributed by atoms with Crippen molar-refractivity contribution in [1.29, 1.82) is 0 Å². The molecule has 3 nitrogen and oxygen atoms in total. The van der Waals surface area contributed by atoms with Crippen LogP contribution in [-0.4, -0.2) is 11.6 Å². The lowest BCUT2D eigenvalue weighted by Gasteiger charge is -2.06. The number of nitrogens with zero attached hydrogens (tertiary/aromatic N) is 1. The molecule has 1 N–H and O–H groups in total. The van der Waals surface area contributed by atoms with Gasteiger partial charge in [0.1, 0.15) is 0 Å². The summed E-state index contributed by atoms with van der Waals surface area (Å²) in [6.45, 7) is 1.89. The van der Waals surface area contributed by atoms with Crippen LogP contribution in [0.25, 0.3) is 10.8 Å². The lowest BCUT2D eigenvalue weighted by molar-refractivity contribution is 0.0954. The van der Waals surface area contributed by atoms with Crippen LogP contribution < -0.4 is 5.43 Å². The van der Waals surface area contributed by atoms with E-state index in [2.05, 4.69) is 57.4 Å². The molecule has 114 valence electrons. The summed E-state index contributed by atoms with van der Waals surface area (Å²) >= 11 is 2.14. The number of nitrogens with one attached hydrogen (secondary N) is 1. The Morgan fingerprint density at radius 1 is 0.957 bits per heavy atom. The van der Waals surface area contributed by atoms with E-state index >= 15 is 0 Å². The summed E-state index contributed by atoms with van der Waals surface area (Å²) in [4.78, 5) is 12.2. The van der Waals surface area contributed by atoms with Crippen LogP contribution in [0.2, 0.25) is 0 Å². The van der Waals surface area contributed by atoms with Gasteiger partial charge in [-0.2, -0.15) is 5.10 Å². The second-order valence-electron chi connectivity index (χ2n) is 5.18. The molecular weight excluding hydrogens is 399 g/mol. The monoisotopic (exact) mass is 414 g/mol. The Morgan fingerprint density at radius 2 is 1.65 bits per heavy atom. The zero-order valence-electron chi connectivity index (χ0n) is 12.6. The number of rotatable bonds is 3. The maximum absolute atomic E-state index is 12.2. The third-order valence-electron chi connectivity index (χ3n) is 3.61. The van der Waals surface area contributed by atoms with Crippen molar-refractivity contribution in [3.8, 4) is 0 Å². The molecule has 0 aliphatic carbocycles. The summed E-state index contributed by atoms with van der Waals surface area (Å²) in [6.07, 6.45) is 0. The van der Waals surface area contributed by atoms with Crippen LogP contribution in [0.15, 0.2) is 71.8 Å². The van der Waals surface area contributed by atoms with Crippen LogP contribution in [0.4, 0.5) is 0 Å². The fourth-order valence-electron chi connectivity index (χ4n) is 2.32. The van der Waals surface area contributed by atoms with Crippen molar-refractivity contribution in [3.63, 3.8) is 0 Å². The van der Waals surface area contributed by atoms with Crippen molar-refractivity contribution in [2.24, 2.45) is 5.10 Å². The molecule has 0 atom stereocenters. The first kappa shape index (κ1) is 15.7. The largest absolute Gasteiger partial charge is 0.272 e. The normalized spacial score (nSPS) is 11.5. The Hall–Kier alpha value is -2.21. The lowest BCUT2D eigenvalue weighted by atomic mass is 10.0. The molecular formula is C19H15IN2O. The van der Waals surface area contributed by atoms with Gasteiger partial charge in [0.05, 0.1) is 11.3 Å². The van der Waals surface area contributed by atoms with E-state index in [9.17, 15) is 4.79 Å². The summed E-state index contributed by atoms with van der Waals surface area (Å²) in [5.74, 6) is -0.199. The first-order valence-corrected chi connectivity index (χ1v) is 8.31. The molecule has 0 bridgehead atoms. The Bertz CT molecular complexity index is 903. The molecule has 1 amide bonds. The molecule has 0 unspecified atom stereocenters. The van der Waals surface area contributed by atoms with Crippen molar-refractivity contribution >= 4 is 45.0 Å². The van der Waals surface area contributed by atoms with E-state index in [1.165, 1.54) is 5.39 Å². The Morgan fingerprint density at radius 3 is 2.43 bits per heavy atom. The van der Waals surface area contributed by atoms with Gasteiger partial charge in [0.15, 0.2) is 0 Å². The van der Waals surface area contributed by atoms with Gasteiger partial charge in [0.2, 0.25) is 0 Å². The average Bonchev–Trinajstić information content (AvgIpc) is 2.59. The highest BCUT2D eigenvalue weighted by Crippen LogP contribution is 2.16. The number of carbonyl (C=O) groups is 1. The van der Waals surface area contributed by atoms with Crippen molar-refractivity contribution in [2.45, 2.75) is 6.92 Å². The molecule has 3 rings (SSSR count). The SMILES string of the molecule is C/C(=N\NC(=O)c1ccccc1I)c1ccc2ccccc2c1. The number of halogens is 1. The predicted molar refractivity (Wildman–Crippen MR) is 103 cm³/mol. The highest BCUT2D eigenvalue weighted by molar-refractivity contribution is 14.1. The van der Waals surface area contributed by atoms with Crippen LogP contribution in [0, 0.1) is 3.57 Å². The molecule has 3 aromatic rings. The van der Waals surface area contributed by atoms with Crippen molar-refractivity contribution in [3.05, 3.63) is 81.4 Å². The molecule has 0 aliphatic rings. The molecule has 3 aromatic carbocycles. The van der Waals surface area contributed by atoms with Gasteiger partial charge in [-0.25, -0.2) is 5.43 Å². The maximum Gasteiger partial charge on any atom is 0.272 e. The quantitative estimate of drug-likeness (QED) is 0.380. The third-order valence-corrected chi connectivity index (χ3v) is 4.55. The lowest BCUT2D eigenvalue weighted by Crippen LogP contribution is -2.20. The minimum atomic E-state index is -0.199. The summed E-state index contributed by atoms with van der Waals surface area (Å²) in [5.41, 5.74) is 5.02. The van der Waals surface area contributed by atoms with Gasteiger partial charge in [-0.1, -0.05) is 48.5 Å². The third kappa shape index (κ3) is 3.59. The molecule has 0 saturated carbocycles. The van der Waals surface area contributed by atoms with Gasteiger partial charge < -0.3 is 0 Å². The molecule has 0 spiro atoms. The van der Waals surface area contributed by atoms with Crippen LogP contribution in [-0.2, 0) is 0 Å². The van der Waals surface area contributed by atoms with Gasteiger partial charge in [0.25, 0.3) is 5.91 Å². The second-order valence-corrected chi connectivity index (χ2v) is 6.34. The van der Waals surface area contributed by atoms with Crippen molar-refractivity contribution < 1.29 is 4.79 Å². The van der Waals surface area contributed by atoms with E-state index in [0.717, 1.165) is 20.2 Å². The minimum Gasteiger partial charge on any atom is -0.267 e. The van der Waals surface area contributed by atoms with E-state index in [1.54, 1.807) is 6.07 Å². The first-order valence-electron chi connectivity index (χ1n) is 7.23. The fourth-order valence-corrected chi connectivity index (χ4v) is 2.95. The predicted octanol–water partition coefficient (Wildman–Crippen LogP) is 4.60. The fraction of sp³-hybridized carbons (Fsp3) is 0.0526. The zero-order valence-corrected chi connectivity index (χ0v) is 14.7. The summed E-state index contributed by atoms with van der Waals surface area (Å²) < 4.78 is 0.904. The number of amides is 1. The molecule has 0 aromatic heterocycles. The topological polar surface area (TPSA) is 41.5 Å². The Labute approximate surface area is 148 Å². The number of hydrogen-bond acceptors (Lipinski definition) is 2. The second kappa shape index (κ2) is 6.91. The number of benzene rings is 3. The standard InChI is InChI=1S/C19H15IN2O/c1-13(15-11-10-14-6-2-3-7-16(14)12-15)21-22-19(23)17-8-4-5-9-18(17)20/h2-12H,1H3,(H,22,23)/b21-13+. The molecule has 0 aliphatic heterocycles. The molecule has 0 saturated heterocycles. The Balaban J connectivity index is 1.81. The van der Waals surface area contributed by atoms with Crippen molar-refractivity contribution in [1.82, 2.24) is 5.43 Å². The van der Waals surface area contributed by atoms with Crippen LogP contribution in [0.3, 0.4) is 0 Å². The number of carbonyl (C=O) groups excluding carboxylic acids is 1. The molecule has 0 fully saturated rings. The van der Waals surface area contributed by atoms with E-state index < -0.39 is 0 Å². The zero-order chi connectivity index (χ0) is 16.2. The number of hydrogen-bond donors (Lipinski definition) is 1. The van der Waals surface area contributed by atoms with Crippen LogP contribution >= 0.6 is 22.6 Å². The smallest absolute Gasteiger partial charge is 0.267 e. The van der Waals surface area contributed by atoms with Gasteiger partial charge in [-0.05, 0) is 64.0 Å². The van der Waals surface area contributed by atoms with Crippen LogP contribution in [0.1, 0.15) is 22.8 Å². The van der Waals surface area contributed by atoms with Gasteiger partial charge in [-0.15, -0.1) is 0 Å². The first-order chi connectivity index (χ1) is 11.1. The van der Waals surface area contributed by atoms with Gasteiger partial charge in [-0.3, -0.25) is 4.79 Å². The summed E-state index contributed by atoms with van der Waals surface area (Å²) in [5, 5.41) is 6.58. The highest BCUT2D eigenvalue weighted by Gasteiger charge is 2.08. The van der Waals surface area contributed by atoms with Crippen LogP contribution in [0.5, 0.6) is 0 Å². The minimum absolute atomic E-state index is 0.199. The van der Waals surface area contributed by atoms with E-state index in [1.807, 2.05) is 43.3 Å². The number of hydrazone groups is 1. The number of fused-ring (bicyclic) bond motifs is 1. The summed E-state index contributed by atoms with van der Waals surface area (Å²) in [6, 6.07) is 21.8. The molecule has 0 radical (unpaired) electrons. The van der Waals surface area contributed by atoms with Gasteiger partial charge >= 0.3 is 0 Å². The summed E-state index contributed by atoms with van der Waals surface area (Å²) in [7, 11) is 0. The Kier molecular flexibility index (Phi) is 4.71. The van der Waals surface area contributed by atoms with E-state index in [0.29, 0.717) is 5.56 Å². The molecule has 0 heterocycles. The molecule has 23 heavy (non-hydrogen) atoms. The van der Waals surface area contributed by atoms with E-state index in [4.69, 9.17) is 0 Å².